The van der Waals surface area contributed by atoms with E-state index in [9.17, 15) is 14.7 Å². The number of piperidine rings is 1. The van der Waals surface area contributed by atoms with Crippen molar-refractivity contribution in [3.8, 4) is 12.3 Å². The van der Waals surface area contributed by atoms with E-state index in [0.29, 0.717) is 37.8 Å². The van der Waals surface area contributed by atoms with Gasteiger partial charge in [0, 0.05) is 44.7 Å². The van der Waals surface area contributed by atoms with Gasteiger partial charge in [0.1, 0.15) is 5.82 Å². The van der Waals surface area contributed by atoms with Crippen molar-refractivity contribution in [1.29, 1.82) is 0 Å². The summed E-state index contributed by atoms with van der Waals surface area (Å²) in [5.74, 6) is 3.00. The van der Waals surface area contributed by atoms with Crippen molar-refractivity contribution in [2.75, 3.05) is 38.0 Å². The number of likely N-dealkylation sites (tertiary alicyclic amines) is 2. The molecule has 2 atom stereocenters. The predicted molar refractivity (Wildman–Crippen MR) is 141 cm³/mol. The zero-order valence-electron chi connectivity index (χ0n) is 21.1. The van der Waals surface area contributed by atoms with Gasteiger partial charge in [-0.1, -0.05) is 36.3 Å². The number of aliphatic hydroxyl groups is 1. The molecule has 4 rings (SSSR count). The molecule has 36 heavy (non-hydrogen) atoms. The number of terminal acetylenes is 1. The van der Waals surface area contributed by atoms with Gasteiger partial charge in [-0.2, -0.15) is 0 Å². The third kappa shape index (κ3) is 6.54. The predicted octanol–water partition coefficient (Wildman–Crippen LogP) is 2.30. The Hall–Kier alpha value is -3.15. The minimum Gasteiger partial charge on any atom is -0.388 e. The Morgan fingerprint density at radius 2 is 2.03 bits per heavy atom. The highest BCUT2D eigenvalue weighted by Gasteiger charge is 2.35. The highest BCUT2D eigenvalue weighted by molar-refractivity contribution is 5.77. The third-order valence-electron chi connectivity index (χ3n) is 7.57. The maximum Gasteiger partial charge on any atom is 0.255 e. The standard InChI is InChI=1S/C28H37N5O3/c1-3-23(24-9-5-4-6-10-24)18-26(34)32-15-11-28(36,12-16-32)20-33-21-30-25(19-27(33)35)29-13-17-31-14-7-8-22(31)2/h1,4-6,9-10,19,21-23,29,36H,7-8,11-18,20H2,2H3/t22-,23+/m0/s1. The van der Waals surface area contributed by atoms with E-state index in [1.165, 1.54) is 29.8 Å². The lowest BCUT2D eigenvalue weighted by Gasteiger charge is -2.38. The van der Waals surface area contributed by atoms with Crippen LogP contribution in [0.2, 0.25) is 0 Å². The molecule has 192 valence electrons. The van der Waals surface area contributed by atoms with Gasteiger partial charge in [-0.25, -0.2) is 4.98 Å². The molecule has 2 saturated heterocycles. The fourth-order valence-corrected chi connectivity index (χ4v) is 5.20. The molecule has 8 heteroatoms. The first-order valence-electron chi connectivity index (χ1n) is 12.9. The molecule has 0 bridgehead atoms. The molecule has 1 aromatic heterocycles. The monoisotopic (exact) mass is 491 g/mol. The fraction of sp³-hybridized carbons (Fsp3) is 0.536. The summed E-state index contributed by atoms with van der Waals surface area (Å²) in [4.78, 5) is 34.1. The number of carbonyl (C=O) groups is 1. The first-order chi connectivity index (χ1) is 17.4. The summed E-state index contributed by atoms with van der Waals surface area (Å²) in [7, 11) is 0. The van der Waals surface area contributed by atoms with Crippen molar-refractivity contribution in [1.82, 2.24) is 19.4 Å². The number of nitrogens with zero attached hydrogens (tertiary/aromatic N) is 4. The molecule has 2 aliphatic rings. The van der Waals surface area contributed by atoms with E-state index in [2.05, 4.69) is 28.0 Å². The van der Waals surface area contributed by atoms with Crippen molar-refractivity contribution < 1.29 is 9.90 Å². The van der Waals surface area contributed by atoms with E-state index >= 15 is 0 Å². The molecule has 2 aromatic rings. The fourth-order valence-electron chi connectivity index (χ4n) is 5.20. The van der Waals surface area contributed by atoms with Crippen LogP contribution in [0.1, 0.15) is 50.5 Å². The second-order valence-corrected chi connectivity index (χ2v) is 10.1. The van der Waals surface area contributed by atoms with Crippen molar-refractivity contribution in [3.05, 3.63) is 58.6 Å². The SMILES string of the molecule is C#C[C@H](CC(=O)N1CCC(O)(Cn2cnc(NCCN3CCC[C@@H]3C)cc2=O)CC1)c1ccccc1. The van der Waals surface area contributed by atoms with E-state index in [1.54, 1.807) is 4.90 Å². The van der Waals surface area contributed by atoms with Crippen LogP contribution in [0.3, 0.4) is 0 Å². The van der Waals surface area contributed by atoms with Crippen LogP contribution >= 0.6 is 0 Å². The van der Waals surface area contributed by atoms with Gasteiger partial charge in [-0.3, -0.25) is 19.1 Å². The number of carbonyl (C=O) groups excluding carboxylic acids is 1. The Kier molecular flexibility index (Phi) is 8.44. The summed E-state index contributed by atoms with van der Waals surface area (Å²) in [6, 6.07) is 11.7. The zero-order valence-corrected chi connectivity index (χ0v) is 21.1. The maximum atomic E-state index is 12.9. The van der Waals surface area contributed by atoms with E-state index in [0.717, 1.165) is 25.2 Å². The molecule has 8 nitrogen and oxygen atoms in total. The third-order valence-corrected chi connectivity index (χ3v) is 7.57. The Morgan fingerprint density at radius 1 is 1.28 bits per heavy atom. The average Bonchev–Trinajstić information content (AvgIpc) is 3.29. The number of amides is 1. The van der Waals surface area contributed by atoms with Gasteiger partial charge in [0.25, 0.3) is 5.56 Å². The largest absolute Gasteiger partial charge is 0.388 e. The number of hydrogen-bond donors (Lipinski definition) is 2. The van der Waals surface area contributed by atoms with Gasteiger partial charge >= 0.3 is 0 Å². The summed E-state index contributed by atoms with van der Waals surface area (Å²) in [5.41, 5.74) is -0.306. The van der Waals surface area contributed by atoms with Crippen LogP contribution in [0.4, 0.5) is 5.82 Å². The smallest absolute Gasteiger partial charge is 0.255 e. The second-order valence-electron chi connectivity index (χ2n) is 10.1. The first-order valence-corrected chi connectivity index (χ1v) is 12.9. The molecule has 1 aromatic carbocycles. The van der Waals surface area contributed by atoms with E-state index in [1.807, 2.05) is 30.3 Å². The van der Waals surface area contributed by atoms with Crippen molar-refractivity contribution >= 4 is 11.7 Å². The summed E-state index contributed by atoms with van der Waals surface area (Å²) in [6.07, 6.45) is 10.7. The molecule has 2 aliphatic heterocycles. The second kappa shape index (κ2) is 11.7. The number of aromatic nitrogens is 2. The van der Waals surface area contributed by atoms with Gasteiger partial charge in [0.05, 0.1) is 24.4 Å². The Morgan fingerprint density at radius 3 is 2.67 bits per heavy atom. The molecule has 2 fully saturated rings. The van der Waals surface area contributed by atoms with E-state index in [4.69, 9.17) is 6.42 Å². The Bertz CT molecular complexity index is 1120. The molecule has 0 unspecified atom stereocenters. The first kappa shape index (κ1) is 25.9. The molecule has 0 radical (unpaired) electrons. The molecule has 2 N–H and O–H groups in total. The van der Waals surface area contributed by atoms with Crippen molar-refractivity contribution in [3.63, 3.8) is 0 Å². The van der Waals surface area contributed by atoms with E-state index in [-0.39, 0.29) is 30.3 Å². The van der Waals surface area contributed by atoms with Crippen LogP contribution in [-0.4, -0.2) is 74.7 Å². The van der Waals surface area contributed by atoms with Gasteiger partial charge in [-0.05, 0) is 44.7 Å². The van der Waals surface area contributed by atoms with Crippen molar-refractivity contribution in [2.45, 2.75) is 63.1 Å². The van der Waals surface area contributed by atoms with Crippen molar-refractivity contribution in [2.24, 2.45) is 0 Å². The topological polar surface area (TPSA) is 90.7 Å². The molecule has 0 aliphatic carbocycles. The number of benzene rings is 1. The van der Waals surface area contributed by atoms with Crippen LogP contribution in [0.25, 0.3) is 0 Å². The summed E-state index contributed by atoms with van der Waals surface area (Å²) in [5, 5.41) is 14.4. The maximum absolute atomic E-state index is 12.9. The molecule has 0 saturated carbocycles. The van der Waals surface area contributed by atoms with Crippen LogP contribution in [0.5, 0.6) is 0 Å². The van der Waals surface area contributed by atoms with Crippen LogP contribution in [-0.2, 0) is 11.3 Å². The zero-order chi connectivity index (χ0) is 25.5. The molecular formula is C28H37N5O3. The van der Waals surface area contributed by atoms with E-state index < -0.39 is 5.60 Å². The van der Waals surface area contributed by atoms with Crippen LogP contribution < -0.4 is 10.9 Å². The normalized spacial score (nSPS) is 20.6. The molecule has 1 amide bonds. The quantitative estimate of drug-likeness (QED) is 0.523. The summed E-state index contributed by atoms with van der Waals surface area (Å²) < 4.78 is 1.45. The minimum atomic E-state index is -1.06. The summed E-state index contributed by atoms with van der Waals surface area (Å²) >= 11 is 0. The van der Waals surface area contributed by atoms with Gasteiger partial charge in [0.2, 0.25) is 5.91 Å². The lowest BCUT2D eigenvalue weighted by atomic mass is 9.90. The van der Waals surface area contributed by atoms with Crippen LogP contribution in [0.15, 0.2) is 47.5 Å². The molecular weight excluding hydrogens is 454 g/mol. The Labute approximate surface area is 213 Å². The van der Waals surface area contributed by atoms with Gasteiger partial charge < -0.3 is 15.3 Å². The molecule has 0 spiro atoms. The number of nitrogens with one attached hydrogen (secondary N) is 1. The van der Waals surface area contributed by atoms with Gasteiger partial charge in [-0.15, -0.1) is 6.42 Å². The Balaban J connectivity index is 1.26. The highest BCUT2D eigenvalue weighted by atomic mass is 16.3. The number of hydrogen-bond acceptors (Lipinski definition) is 6. The summed E-state index contributed by atoms with van der Waals surface area (Å²) in [6.45, 7) is 6.04. The minimum absolute atomic E-state index is 0.0126. The number of anilines is 1. The lowest BCUT2D eigenvalue weighted by Crippen LogP contribution is -2.49. The average molecular weight is 492 g/mol. The molecule has 3 heterocycles. The van der Waals surface area contributed by atoms with Crippen LogP contribution in [0, 0.1) is 12.3 Å². The lowest BCUT2D eigenvalue weighted by molar-refractivity contribution is -0.136. The number of rotatable bonds is 9. The van der Waals surface area contributed by atoms with Gasteiger partial charge in [0.15, 0.2) is 0 Å². The highest BCUT2D eigenvalue weighted by Crippen LogP contribution is 2.26.